The highest BCUT2D eigenvalue weighted by atomic mass is 16.6. The van der Waals surface area contributed by atoms with Gasteiger partial charge >= 0.3 is 0 Å². The minimum Gasteiger partial charge on any atom is -0.486 e. The minimum atomic E-state index is -0.670. The zero-order valence-corrected chi connectivity index (χ0v) is 11.0. The largest absolute Gasteiger partial charge is 0.486 e. The summed E-state index contributed by atoms with van der Waals surface area (Å²) >= 11 is 0. The van der Waals surface area contributed by atoms with Crippen LogP contribution in [0, 0.1) is 0 Å². The van der Waals surface area contributed by atoms with E-state index in [-0.39, 0.29) is 6.61 Å². The lowest BCUT2D eigenvalue weighted by atomic mass is 10.1. The molecule has 1 aliphatic rings. The van der Waals surface area contributed by atoms with Gasteiger partial charge in [0.1, 0.15) is 25.9 Å². The van der Waals surface area contributed by atoms with E-state index in [1.807, 2.05) is 48.5 Å². The predicted octanol–water partition coefficient (Wildman–Crippen LogP) is 2.57. The summed E-state index contributed by atoms with van der Waals surface area (Å²) in [4.78, 5) is 0. The average Bonchev–Trinajstić information content (AvgIpc) is 2.53. The molecule has 0 spiro atoms. The summed E-state index contributed by atoms with van der Waals surface area (Å²) in [5.74, 6) is 1.89. The fourth-order valence-corrected chi connectivity index (χ4v) is 2.10. The van der Waals surface area contributed by atoms with Crippen molar-refractivity contribution >= 4 is 0 Å². The first-order chi connectivity index (χ1) is 9.84. The van der Waals surface area contributed by atoms with Crippen molar-refractivity contribution in [1.29, 1.82) is 0 Å². The van der Waals surface area contributed by atoms with Gasteiger partial charge in [0.15, 0.2) is 11.5 Å². The molecule has 104 valence electrons. The van der Waals surface area contributed by atoms with Gasteiger partial charge in [0.25, 0.3) is 0 Å². The quantitative estimate of drug-likeness (QED) is 0.929. The number of para-hydroxylation sites is 1. The standard InChI is InChI=1S/C16H16O4/c17-13(12-5-2-1-3-6-12)11-20-15-8-4-7-14-16(15)19-10-9-18-14/h1-8,13,17H,9-11H2/t13-/m1/s1. The van der Waals surface area contributed by atoms with Crippen molar-refractivity contribution in [1.82, 2.24) is 0 Å². The number of benzene rings is 2. The highest BCUT2D eigenvalue weighted by Gasteiger charge is 2.17. The Kier molecular flexibility index (Phi) is 3.74. The fourth-order valence-electron chi connectivity index (χ4n) is 2.10. The number of aliphatic hydroxyl groups is 1. The minimum absolute atomic E-state index is 0.170. The van der Waals surface area contributed by atoms with Gasteiger partial charge in [-0.25, -0.2) is 0 Å². The van der Waals surface area contributed by atoms with Crippen molar-refractivity contribution in [3.63, 3.8) is 0 Å². The van der Waals surface area contributed by atoms with Crippen LogP contribution in [0.3, 0.4) is 0 Å². The summed E-state index contributed by atoms with van der Waals surface area (Å²) in [6.45, 7) is 1.22. The van der Waals surface area contributed by atoms with Gasteiger partial charge in [0, 0.05) is 0 Å². The molecule has 0 aromatic heterocycles. The molecule has 1 N–H and O–H groups in total. The van der Waals surface area contributed by atoms with E-state index in [9.17, 15) is 5.11 Å². The molecule has 0 unspecified atom stereocenters. The summed E-state index contributed by atoms with van der Waals surface area (Å²) in [6.07, 6.45) is -0.670. The molecule has 2 aromatic rings. The first-order valence-electron chi connectivity index (χ1n) is 6.59. The average molecular weight is 272 g/mol. The molecule has 4 heteroatoms. The van der Waals surface area contributed by atoms with Gasteiger partial charge in [-0.3, -0.25) is 0 Å². The van der Waals surface area contributed by atoms with E-state index in [4.69, 9.17) is 14.2 Å². The van der Waals surface area contributed by atoms with E-state index in [0.717, 1.165) is 5.56 Å². The Morgan fingerprint density at radius 3 is 2.65 bits per heavy atom. The third-order valence-electron chi connectivity index (χ3n) is 3.11. The van der Waals surface area contributed by atoms with Gasteiger partial charge in [0.2, 0.25) is 5.75 Å². The molecule has 1 atom stereocenters. The molecule has 1 aliphatic heterocycles. The summed E-state index contributed by atoms with van der Waals surface area (Å²) in [5.41, 5.74) is 0.828. The maximum absolute atomic E-state index is 10.1. The van der Waals surface area contributed by atoms with Crippen LogP contribution < -0.4 is 14.2 Å². The number of hydrogen-bond acceptors (Lipinski definition) is 4. The van der Waals surface area contributed by atoms with Crippen molar-refractivity contribution < 1.29 is 19.3 Å². The van der Waals surface area contributed by atoms with Gasteiger partial charge in [-0.05, 0) is 17.7 Å². The molecule has 20 heavy (non-hydrogen) atoms. The molecule has 4 nitrogen and oxygen atoms in total. The third kappa shape index (κ3) is 2.70. The van der Waals surface area contributed by atoms with E-state index >= 15 is 0 Å². The van der Waals surface area contributed by atoms with Crippen molar-refractivity contribution in [3.8, 4) is 17.2 Å². The van der Waals surface area contributed by atoms with E-state index < -0.39 is 6.10 Å². The lowest BCUT2D eigenvalue weighted by Crippen LogP contribution is -2.17. The van der Waals surface area contributed by atoms with Crippen LogP contribution in [-0.4, -0.2) is 24.9 Å². The lowest BCUT2D eigenvalue weighted by molar-refractivity contribution is 0.101. The molecule has 3 rings (SSSR count). The van der Waals surface area contributed by atoms with Crippen molar-refractivity contribution in [2.75, 3.05) is 19.8 Å². The van der Waals surface area contributed by atoms with Crippen LogP contribution >= 0.6 is 0 Å². The SMILES string of the molecule is O[C@H](COc1cccc2c1OCCO2)c1ccccc1. The number of aliphatic hydroxyl groups excluding tert-OH is 1. The van der Waals surface area contributed by atoms with Crippen molar-refractivity contribution in [3.05, 3.63) is 54.1 Å². The molecular formula is C16H16O4. The van der Waals surface area contributed by atoms with E-state index in [2.05, 4.69) is 0 Å². The van der Waals surface area contributed by atoms with E-state index in [0.29, 0.717) is 30.5 Å². The van der Waals surface area contributed by atoms with Crippen LogP contribution in [-0.2, 0) is 0 Å². The van der Waals surface area contributed by atoms with Crippen LogP contribution in [0.4, 0.5) is 0 Å². The van der Waals surface area contributed by atoms with Crippen LogP contribution in [0.25, 0.3) is 0 Å². The Morgan fingerprint density at radius 2 is 1.80 bits per heavy atom. The smallest absolute Gasteiger partial charge is 0.203 e. The second kappa shape index (κ2) is 5.84. The summed E-state index contributed by atoms with van der Waals surface area (Å²) < 4.78 is 16.7. The van der Waals surface area contributed by atoms with Crippen LogP contribution in [0.5, 0.6) is 17.2 Å². The predicted molar refractivity (Wildman–Crippen MR) is 74.3 cm³/mol. The molecule has 0 aliphatic carbocycles. The Balaban J connectivity index is 1.70. The normalized spacial score (nSPS) is 14.7. The maximum Gasteiger partial charge on any atom is 0.203 e. The number of hydrogen-bond donors (Lipinski definition) is 1. The van der Waals surface area contributed by atoms with Crippen LogP contribution in [0.1, 0.15) is 11.7 Å². The molecule has 1 heterocycles. The second-order valence-corrected chi connectivity index (χ2v) is 4.52. The van der Waals surface area contributed by atoms with Gasteiger partial charge < -0.3 is 19.3 Å². The van der Waals surface area contributed by atoms with Crippen molar-refractivity contribution in [2.24, 2.45) is 0 Å². The Hall–Kier alpha value is -2.20. The Bertz CT molecular complexity index is 568. The van der Waals surface area contributed by atoms with Crippen molar-refractivity contribution in [2.45, 2.75) is 6.10 Å². The van der Waals surface area contributed by atoms with Crippen LogP contribution in [0.2, 0.25) is 0 Å². The topological polar surface area (TPSA) is 47.9 Å². The molecule has 0 amide bonds. The third-order valence-corrected chi connectivity index (χ3v) is 3.11. The lowest BCUT2D eigenvalue weighted by Gasteiger charge is -2.21. The number of ether oxygens (including phenoxy) is 3. The Morgan fingerprint density at radius 1 is 1.00 bits per heavy atom. The molecule has 0 radical (unpaired) electrons. The second-order valence-electron chi connectivity index (χ2n) is 4.52. The molecule has 2 aromatic carbocycles. The highest BCUT2D eigenvalue weighted by molar-refractivity contribution is 5.51. The highest BCUT2D eigenvalue weighted by Crippen LogP contribution is 2.39. The maximum atomic E-state index is 10.1. The zero-order chi connectivity index (χ0) is 13.8. The van der Waals surface area contributed by atoms with Gasteiger partial charge in [0.05, 0.1) is 0 Å². The van der Waals surface area contributed by atoms with Gasteiger partial charge in [-0.1, -0.05) is 36.4 Å². The molecule has 0 saturated heterocycles. The number of rotatable bonds is 4. The monoisotopic (exact) mass is 272 g/mol. The number of fused-ring (bicyclic) bond motifs is 1. The fraction of sp³-hybridized carbons (Fsp3) is 0.250. The van der Waals surface area contributed by atoms with E-state index in [1.54, 1.807) is 0 Å². The van der Waals surface area contributed by atoms with E-state index in [1.165, 1.54) is 0 Å². The molecule has 0 bridgehead atoms. The molecular weight excluding hydrogens is 256 g/mol. The van der Waals surface area contributed by atoms with Gasteiger partial charge in [-0.15, -0.1) is 0 Å². The van der Waals surface area contributed by atoms with Crippen LogP contribution in [0.15, 0.2) is 48.5 Å². The molecule has 0 saturated carbocycles. The summed E-state index contributed by atoms with van der Waals surface area (Å²) in [5, 5.41) is 10.1. The van der Waals surface area contributed by atoms with Gasteiger partial charge in [-0.2, -0.15) is 0 Å². The summed E-state index contributed by atoms with van der Waals surface area (Å²) in [7, 11) is 0. The molecule has 0 fully saturated rings. The Labute approximate surface area is 117 Å². The first-order valence-corrected chi connectivity index (χ1v) is 6.59. The zero-order valence-electron chi connectivity index (χ0n) is 11.0. The first kappa shape index (κ1) is 12.8. The summed E-state index contributed by atoms with van der Waals surface area (Å²) in [6, 6.07) is 14.9.